The first-order chi connectivity index (χ1) is 11.5. The molecule has 1 aromatic heterocycles. The van der Waals surface area contributed by atoms with Crippen molar-refractivity contribution in [2.75, 3.05) is 10.6 Å². The predicted octanol–water partition coefficient (Wildman–Crippen LogP) is 3.92. The van der Waals surface area contributed by atoms with Crippen LogP contribution in [0.3, 0.4) is 0 Å². The molecule has 3 N–H and O–H groups in total. The molecule has 0 atom stereocenters. The molecule has 1 aliphatic rings. The van der Waals surface area contributed by atoms with Gasteiger partial charge in [-0.1, -0.05) is 23.2 Å². The lowest BCUT2D eigenvalue weighted by Crippen LogP contribution is -2.30. The van der Waals surface area contributed by atoms with Crippen LogP contribution in [0.4, 0.5) is 16.2 Å². The highest BCUT2D eigenvalue weighted by Gasteiger charge is 2.23. The van der Waals surface area contributed by atoms with Gasteiger partial charge in [0.25, 0.3) is 5.91 Å². The Bertz CT molecular complexity index is 776. The number of carbonyl (C=O) groups is 2. The molecule has 1 aromatic carbocycles. The number of carbonyl (C=O) groups excluding carboxylic acids is 2. The Morgan fingerprint density at radius 3 is 2.17 bits per heavy atom. The van der Waals surface area contributed by atoms with Crippen LogP contribution < -0.4 is 16.0 Å². The molecule has 0 saturated heterocycles. The number of hydrogen-bond acceptors (Lipinski definition) is 3. The Morgan fingerprint density at radius 1 is 0.958 bits per heavy atom. The first-order valence-corrected chi connectivity index (χ1v) is 8.08. The summed E-state index contributed by atoms with van der Waals surface area (Å²) in [4.78, 5) is 27.7. The summed E-state index contributed by atoms with van der Waals surface area (Å²) in [6.45, 7) is 0. The monoisotopic (exact) mass is 364 g/mol. The molecule has 6 nitrogen and oxygen atoms in total. The van der Waals surface area contributed by atoms with Gasteiger partial charge < -0.3 is 16.0 Å². The number of urea groups is 1. The third kappa shape index (κ3) is 4.37. The third-order valence-electron chi connectivity index (χ3n) is 3.37. The number of nitrogens with one attached hydrogen (secondary N) is 3. The van der Waals surface area contributed by atoms with Gasteiger partial charge in [0.2, 0.25) is 0 Å². The van der Waals surface area contributed by atoms with E-state index in [0.717, 1.165) is 12.8 Å². The van der Waals surface area contributed by atoms with E-state index < -0.39 is 5.91 Å². The van der Waals surface area contributed by atoms with Crippen LogP contribution in [0.2, 0.25) is 10.3 Å². The summed E-state index contributed by atoms with van der Waals surface area (Å²) in [5.74, 6) is -0.392. The molecule has 0 unspecified atom stereocenters. The van der Waals surface area contributed by atoms with E-state index in [1.54, 1.807) is 24.3 Å². The van der Waals surface area contributed by atoms with Crippen molar-refractivity contribution in [3.05, 3.63) is 52.3 Å². The molecule has 0 aliphatic heterocycles. The van der Waals surface area contributed by atoms with Crippen LogP contribution in [0.5, 0.6) is 0 Å². The van der Waals surface area contributed by atoms with Gasteiger partial charge in [-0.15, -0.1) is 0 Å². The van der Waals surface area contributed by atoms with Crippen LogP contribution in [0, 0.1) is 0 Å². The fraction of sp³-hybridized carbons (Fsp3) is 0.188. The molecule has 3 amide bonds. The summed E-state index contributed by atoms with van der Waals surface area (Å²) in [6.07, 6.45) is 2.06. The van der Waals surface area contributed by atoms with E-state index in [1.165, 1.54) is 12.1 Å². The minimum absolute atomic E-state index is 0.0371. The third-order valence-corrected chi connectivity index (χ3v) is 3.87. The summed E-state index contributed by atoms with van der Waals surface area (Å²) in [5.41, 5.74) is 1.43. The molecule has 1 fully saturated rings. The van der Waals surface area contributed by atoms with Gasteiger partial charge >= 0.3 is 6.03 Å². The van der Waals surface area contributed by atoms with E-state index >= 15 is 0 Å². The number of benzene rings is 1. The van der Waals surface area contributed by atoms with Crippen LogP contribution in [0.25, 0.3) is 0 Å². The zero-order valence-electron chi connectivity index (χ0n) is 12.5. The van der Waals surface area contributed by atoms with Gasteiger partial charge in [0.1, 0.15) is 10.3 Å². The van der Waals surface area contributed by atoms with Crippen molar-refractivity contribution in [3.63, 3.8) is 0 Å². The largest absolute Gasteiger partial charge is 0.335 e. The molecule has 24 heavy (non-hydrogen) atoms. The summed E-state index contributed by atoms with van der Waals surface area (Å²) >= 11 is 11.6. The molecule has 2 aromatic rings. The first kappa shape index (κ1) is 16.5. The lowest BCUT2D eigenvalue weighted by molar-refractivity contribution is 0.102. The van der Waals surface area contributed by atoms with Crippen molar-refractivity contribution >= 4 is 46.5 Å². The normalized spacial score (nSPS) is 13.2. The summed E-state index contributed by atoms with van der Waals surface area (Å²) < 4.78 is 0. The standard InChI is InChI=1S/C16H14Cl2N4O2/c17-13-8-7-12(14(18)22-13)15(23)19-9-1-3-10(4-2-9)20-16(24)21-11-5-6-11/h1-4,7-8,11H,5-6H2,(H,19,23)(H2,20,21,24). The highest BCUT2D eigenvalue weighted by Crippen LogP contribution is 2.20. The van der Waals surface area contributed by atoms with Gasteiger partial charge in [-0.2, -0.15) is 0 Å². The molecule has 1 saturated carbocycles. The highest BCUT2D eigenvalue weighted by atomic mass is 35.5. The number of nitrogens with zero attached hydrogens (tertiary/aromatic N) is 1. The summed E-state index contributed by atoms with van der Waals surface area (Å²) in [7, 11) is 0. The lowest BCUT2D eigenvalue weighted by Gasteiger charge is -2.09. The molecule has 124 valence electrons. The number of halogens is 2. The van der Waals surface area contributed by atoms with Gasteiger partial charge in [0.15, 0.2) is 0 Å². The number of hydrogen-bond donors (Lipinski definition) is 3. The molecule has 3 rings (SSSR count). The van der Waals surface area contributed by atoms with Gasteiger partial charge in [0.05, 0.1) is 5.56 Å². The van der Waals surface area contributed by atoms with Crippen LogP contribution in [-0.4, -0.2) is 23.0 Å². The van der Waals surface area contributed by atoms with E-state index in [0.29, 0.717) is 17.4 Å². The molecule has 0 radical (unpaired) electrons. The SMILES string of the molecule is O=C(Nc1ccc(NC(=O)c2ccc(Cl)nc2Cl)cc1)NC1CC1. The Hall–Kier alpha value is -2.31. The van der Waals surface area contributed by atoms with Crippen molar-refractivity contribution < 1.29 is 9.59 Å². The van der Waals surface area contributed by atoms with Gasteiger partial charge in [-0.25, -0.2) is 9.78 Å². The number of anilines is 2. The average Bonchev–Trinajstić information content (AvgIpc) is 3.33. The van der Waals surface area contributed by atoms with Crippen LogP contribution >= 0.6 is 23.2 Å². The maximum Gasteiger partial charge on any atom is 0.319 e. The zero-order chi connectivity index (χ0) is 17.1. The van der Waals surface area contributed by atoms with E-state index in [9.17, 15) is 9.59 Å². The minimum Gasteiger partial charge on any atom is -0.335 e. The topological polar surface area (TPSA) is 83.1 Å². The van der Waals surface area contributed by atoms with Gasteiger partial charge in [-0.3, -0.25) is 4.79 Å². The van der Waals surface area contributed by atoms with Gasteiger partial charge in [-0.05, 0) is 49.2 Å². The molecular weight excluding hydrogens is 351 g/mol. The van der Waals surface area contributed by atoms with E-state index in [1.807, 2.05) is 0 Å². The summed E-state index contributed by atoms with van der Waals surface area (Å²) in [6, 6.07) is 9.82. The van der Waals surface area contributed by atoms with Gasteiger partial charge in [0, 0.05) is 17.4 Å². The van der Waals surface area contributed by atoms with E-state index in [2.05, 4.69) is 20.9 Å². The lowest BCUT2D eigenvalue weighted by atomic mass is 10.2. The van der Waals surface area contributed by atoms with Crippen molar-refractivity contribution in [2.24, 2.45) is 0 Å². The molecule has 1 heterocycles. The first-order valence-electron chi connectivity index (χ1n) is 7.32. The summed E-state index contributed by atoms with van der Waals surface area (Å²) in [5, 5.41) is 8.52. The fourth-order valence-electron chi connectivity index (χ4n) is 2.00. The predicted molar refractivity (Wildman–Crippen MR) is 93.8 cm³/mol. The minimum atomic E-state index is -0.392. The maximum absolute atomic E-state index is 12.2. The Morgan fingerprint density at radius 2 is 1.58 bits per heavy atom. The Labute approximate surface area is 148 Å². The van der Waals surface area contributed by atoms with E-state index in [4.69, 9.17) is 23.2 Å². The van der Waals surface area contributed by atoms with Crippen LogP contribution in [0.1, 0.15) is 23.2 Å². The van der Waals surface area contributed by atoms with E-state index in [-0.39, 0.29) is 21.9 Å². The molecule has 8 heteroatoms. The molecule has 1 aliphatic carbocycles. The number of amides is 3. The van der Waals surface area contributed by atoms with Crippen LogP contribution in [-0.2, 0) is 0 Å². The van der Waals surface area contributed by atoms with Crippen molar-refractivity contribution in [1.29, 1.82) is 0 Å². The molecule has 0 bridgehead atoms. The van der Waals surface area contributed by atoms with Crippen molar-refractivity contribution in [1.82, 2.24) is 10.3 Å². The second kappa shape index (κ2) is 7.07. The smallest absolute Gasteiger partial charge is 0.319 e. The Kier molecular flexibility index (Phi) is 4.87. The number of aromatic nitrogens is 1. The molecule has 0 spiro atoms. The zero-order valence-corrected chi connectivity index (χ0v) is 14.0. The highest BCUT2D eigenvalue weighted by molar-refractivity contribution is 6.35. The van der Waals surface area contributed by atoms with Crippen LogP contribution in [0.15, 0.2) is 36.4 Å². The number of rotatable bonds is 4. The second-order valence-electron chi connectivity index (χ2n) is 5.38. The average molecular weight is 365 g/mol. The number of pyridine rings is 1. The van der Waals surface area contributed by atoms with Crippen molar-refractivity contribution in [2.45, 2.75) is 18.9 Å². The maximum atomic E-state index is 12.2. The quantitative estimate of drug-likeness (QED) is 0.718. The molecular formula is C16H14Cl2N4O2. The fourth-order valence-corrected chi connectivity index (χ4v) is 2.43. The second-order valence-corrected chi connectivity index (χ2v) is 6.12. The van der Waals surface area contributed by atoms with Crippen molar-refractivity contribution in [3.8, 4) is 0 Å². The Balaban J connectivity index is 1.60.